The second-order valence-corrected chi connectivity index (χ2v) is 6.47. The Bertz CT molecular complexity index is 884. The minimum Gasteiger partial charge on any atom is -0.497 e. The van der Waals surface area contributed by atoms with E-state index >= 15 is 0 Å². The predicted molar refractivity (Wildman–Crippen MR) is 102 cm³/mol. The number of methoxy groups -OCH3 is 2. The first-order valence-electron chi connectivity index (χ1n) is 7.80. The fourth-order valence-corrected chi connectivity index (χ4v) is 3.35. The van der Waals surface area contributed by atoms with Gasteiger partial charge in [0.2, 0.25) is 0 Å². The summed E-state index contributed by atoms with van der Waals surface area (Å²) < 4.78 is 10.6. The lowest BCUT2D eigenvalue weighted by Gasteiger charge is -2.12. The Labute approximate surface area is 151 Å². The number of carbonyl (C=O) groups is 1. The van der Waals surface area contributed by atoms with Crippen molar-refractivity contribution < 1.29 is 14.3 Å². The number of ether oxygens (including phenoxy) is 2. The zero-order valence-electron chi connectivity index (χ0n) is 14.3. The zero-order valence-corrected chi connectivity index (χ0v) is 15.1. The molecule has 1 N–H and O–H groups in total. The van der Waals surface area contributed by atoms with E-state index in [0.717, 1.165) is 11.1 Å². The minimum absolute atomic E-state index is 0.169. The van der Waals surface area contributed by atoms with Gasteiger partial charge in [0.05, 0.1) is 24.8 Å². The molecule has 25 heavy (non-hydrogen) atoms. The van der Waals surface area contributed by atoms with Gasteiger partial charge in [-0.25, -0.2) is 0 Å². The van der Waals surface area contributed by atoms with Crippen LogP contribution in [0.1, 0.15) is 15.2 Å². The van der Waals surface area contributed by atoms with Gasteiger partial charge in [-0.2, -0.15) is 0 Å². The average molecular weight is 353 g/mol. The molecule has 0 aliphatic heterocycles. The third-order valence-electron chi connectivity index (χ3n) is 3.89. The topological polar surface area (TPSA) is 47.6 Å². The Morgan fingerprint density at radius 3 is 2.44 bits per heavy atom. The highest BCUT2D eigenvalue weighted by atomic mass is 32.1. The number of anilines is 1. The van der Waals surface area contributed by atoms with Crippen LogP contribution in [0.5, 0.6) is 11.5 Å². The van der Waals surface area contributed by atoms with Crippen LogP contribution in [-0.4, -0.2) is 20.1 Å². The standard InChI is InChI=1S/C20H19NO3S/c1-13-4-6-14(7-5-13)16-10-11-25-19(16)20(22)21-17-12-15(23-2)8-9-18(17)24-3/h4-12H,1-3H3,(H,21,22). The summed E-state index contributed by atoms with van der Waals surface area (Å²) >= 11 is 1.42. The molecule has 0 radical (unpaired) electrons. The van der Waals surface area contributed by atoms with E-state index in [-0.39, 0.29) is 5.91 Å². The van der Waals surface area contributed by atoms with Gasteiger partial charge in [0.15, 0.2) is 0 Å². The van der Waals surface area contributed by atoms with Crippen LogP contribution in [0.4, 0.5) is 5.69 Å². The fourth-order valence-electron chi connectivity index (χ4n) is 2.54. The molecule has 0 aliphatic carbocycles. The number of nitrogens with one attached hydrogen (secondary N) is 1. The Kier molecular flexibility index (Phi) is 5.05. The molecule has 3 aromatic rings. The number of carbonyl (C=O) groups excluding carboxylic acids is 1. The number of thiophene rings is 1. The summed E-state index contributed by atoms with van der Waals surface area (Å²) in [6.45, 7) is 2.04. The van der Waals surface area contributed by atoms with Gasteiger partial charge in [-0.3, -0.25) is 4.79 Å². The Balaban J connectivity index is 1.90. The predicted octanol–water partition coefficient (Wildman–Crippen LogP) is 4.99. The van der Waals surface area contributed by atoms with Gasteiger partial charge in [0.25, 0.3) is 5.91 Å². The van der Waals surface area contributed by atoms with E-state index < -0.39 is 0 Å². The lowest BCUT2D eigenvalue weighted by Crippen LogP contribution is -2.12. The second-order valence-electron chi connectivity index (χ2n) is 5.55. The van der Waals surface area contributed by atoms with Crippen LogP contribution in [0.15, 0.2) is 53.9 Å². The quantitative estimate of drug-likeness (QED) is 0.703. The molecule has 2 aromatic carbocycles. The van der Waals surface area contributed by atoms with Gasteiger partial charge in [-0.15, -0.1) is 11.3 Å². The van der Waals surface area contributed by atoms with Crippen LogP contribution < -0.4 is 14.8 Å². The smallest absolute Gasteiger partial charge is 0.266 e. The molecule has 0 atom stereocenters. The van der Waals surface area contributed by atoms with Crippen LogP contribution in [0, 0.1) is 6.92 Å². The van der Waals surface area contributed by atoms with E-state index in [9.17, 15) is 4.79 Å². The first kappa shape index (κ1) is 17.0. The summed E-state index contributed by atoms with van der Waals surface area (Å²) in [7, 11) is 3.16. The number of amides is 1. The third kappa shape index (κ3) is 3.67. The summed E-state index contributed by atoms with van der Waals surface area (Å²) in [5.74, 6) is 1.07. The maximum absolute atomic E-state index is 12.8. The molecule has 1 aromatic heterocycles. The van der Waals surface area contributed by atoms with Crippen molar-refractivity contribution in [1.29, 1.82) is 0 Å². The minimum atomic E-state index is -0.169. The lowest BCUT2D eigenvalue weighted by molar-refractivity contribution is 0.103. The summed E-state index contributed by atoms with van der Waals surface area (Å²) in [5.41, 5.74) is 3.71. The van der Waals surface area contributed by atoms with Gasteiger partial charge in [-0.05, 0) is 36.1 Å². The Hall–Kier alpha value is -2.79. The Morgan fingerprint density at radius 2 is 1.76 bits per heavy atom. The summed E-state index contributed by atoms with van der Waals surface area (Å²) in [6.07, 6.45) is 0. The zero-order chi connectivity index (χ0) is 17.8. The van der Waals surface area contributed by atoms with Gasteiger partial charge in [-0.1, -0.05) is 29.8 Å². The van der Waals surface area contributed by atoms with Crippen LogP contribution in [-0.2, 0) is 0 Å². The molecule has 128 valence electrons. The molecule has 0 bridgehead atoms. The molecule has 5 heteroatoms. The molecule has 0 unspecified atom stereocenters. The largest absolute Gasteiger partial charge is 0.497 e. The Morgan fingerprint density at radius 1 is 1.00 bits per heavy atom. The number of benzene rings is 2. The summed E-state index contributed by atoms with van der Waals surface area (Å²) in [5, 5.41) is 4.85. The molecule has 0 aliphatic rings. The maximum Gasteiger partial charge on any atom is 0.266 e. The number of hydrogen-bond acceptors (Lipinski definition) is 4. The van der Waals surface area contributed by atoms with Crippen molar-refractivity contribution in [3.05, 3.63) is 64.4 Å². The lowest BCUT2D eigenvalue weighted by atomic mass is 10.0. The van der Waals surface area contributed by atoms with E-state index in [2.05, 4.69) is 5.32 Å². The van der Waals surface area contributed by atoms with Crippen molar-refractivity contribution in [3.63, 3.8) is 0 Å². The highest BCUT2D eigenvalue weighted by Gasteiger charge is 2.17. The number of aryl methyl sites for hydroxylation is 1. The van der Waals surface area contributed by atoms with E-state index in [1.54, 1.807) is 32.4 Å². The molecular weight excluding hydrogens is 334 g/mol. The molecule has 3 rings (SSSR count). The molecule has 1 amide bonds. The van der Waals surface area contributed by atoms with Crippen molar-refractivity contribution in [2.24, 2.45) is 0 Å². The SMILES string of the molecule is COc1ccc(OC)c(NC(=O)c2sccc2-c2ccc(C)cc2)c1. The highest BCUT2D eigenvalue weighted by molar-refractivity contribution is 7.12. The van der Waals surface area contributed by atoms with Crippen LogP contribution >= 0.6 is 11.3 Å². The second kappa shape index (κ2) is 7.40. The molecule has 4 nitrogen and oxygen atoms in total. The van der Waals surface area contributed by atoms with Gasteiger partial charge < -0.3 is 14.8 Å². The van der Waals surface area contributed by atoms with Crippen molar-refractivity contribution in [2.45, 2.75) is 6.92 Å². The first-order chi connectivity index (χ1) is 12.1. The summed E-state index contributed by atoms with van der Waals surface area (Å²) in [6, 6.07) is 15.4. The normalized spacial score (nSPS) is 10.4. The van der Waals surface area contributed by atoms with Gasteiger partial charge >= 0.3 is 0 Å². The van der Waals surface area contributed by atoms with Gasteiger partial charge in [0.1, 0.15) is 11.5 Å². The van der Waals surface area contributed by atoms with Crippen molar-refractivity contribution in [1.82, 2.24) is 0 Å². The van der Waals surface area contributed by atoms with Crippen molar-refractivity contribution >= 4 is 22.9 Å². The summed E-state index contributed by atoms with van der Waals surface area (Å²) in [4.78, 5) is 13.5. The van der Waals surface area contributed by atoms with Crippen LogP contribution in [0.3, 0.4) is 0 Å². The molecule has 0 fully saturated rings. The van der Waals surface area contributed by atoms with Crippen LogP contribution in [0.2, 0.25) is 0 Å². The van der Waals surface area contributed by atoms with Gasteiger partial charge in [0, 0.05) is 11.6 Å². The average Bonchev–Trinajstić information content (AvgIpc) is 3.12. The molecular formula is C20H19NO3S. The van der Waals surface area contributed by atoms with E-state index in [1.165, 1.54) is 16.9 Å². The monoisotopic (exact) mass is 353 g/mol. The third-order valence-corrected chi connectivity index (χ3v) is 4.80. The molecule has 0 saturated carbocycles. The number of hydrogen-bond donors (Lipinski definition) is 1. The molecule has 1 heterocycles. The van der Waals surface area contributed by atoms with Crippen molar-refractivity contribution in [3.8, 4) is 22.6 Å². The van der Waals surface area contributed by atoms with Crippen molar-refractivity contribution in [2.75, 3.05) is 19.5 Å². The maximum atomic E-state index is 12.8. The highest BCUT2D eigenvalue weighted by Crippen LogP contribution is 2.32. The van der Waals surface area contributed by atoms with E-state index in [1.807, 2.05) is 42.6 Å². The molecule has 0 spiro atoms. The number of rotatable bonds is 5. The van der Waals surface area contributed by atoms with E-state index in [4.69, 9.17) is 9.47 Å². The van der Waals surface area contributed by atoms with E-state index in [0.29, 0.717) is 22.1 Å². The molecule has 0 saturated heterocycles. The first-order valence-corrected chi connectivity index (χ1v) is 8.68. The fraction of sp³-hybridized carbons (Fsp3) is 0.150. The van der Waals surface area contributed by atoms with Crippen LogP contribution in [0.25, 0.3) is 11.1 Å².